The first kappa shape index (κ1) is 15.9. The molecule has 0 aliphatic carbocycles. The third-order valence-corrected chi connectivity index (χ3v) is 5.57. The van der Waals surface area contributed by atoms with E-state index in [-0.39, 0.29) is 0 Å². The minimum Gasteiger partial charge on any atom is -0.308 e. The fourth-order valence-electron chi connectivity index (χ4n) is 4.11. The lowest BCUT2D eigenvalue weighted by Crippen LogP contribution is -1.97. The molecule has 0 saturated heterocycles. The second-order valence-electron chi connectivity index (χ2n) is 7.14. The van der Waals surface area contributed by atoms with Gasteiger partial charge in [-0.3, -0.25) is 0 Å². The van der Waals surface area contributed by atoms with E-state index in [9.17, 15) is 0 Å². The van der Waals surface area contributed by atoms with Crippen molar-refractivity contribution in [1.29, 1.82) is 0 Å². The SMILES string of the molecule is Cc1ccc2c3cccc(-c4ccccc4)c3n(-c3ccccc3)c2c1C. The van der Waals surface area contributed by atoms with Crippen molar-refractivity contribution >= 4 is 21.8 Å². The Morgan fingerprint density at radius 2 is 1.22 bits per heavy atom. The summed E-state index contributed by atoms with van der Waals surface area (Å²) in [5.74, 6) is 0. The molecule has 5 rings (SSSR count). The lowest BCUT2D eigenvalue weighted by atomic mass is 10.0. The van der Waals surface area contributed by atoms with E-state index in [2.05, 4.69) is 109 Å². The number of hydrogen-bond acceptors (Lipinski definition) is 0. The van der Waals surface area contributed by atoms with Crippen LogP contribution in [-0.2, 0) is 0 Å². The molecule has 1 heteroatoms. The highest BCUT2D eigenvalue weighted by Crippen LogP contribution is 2.39. The highest BCUT2D eigenvalue weighted by atomic mass is 15.0. The number of nitrogens with zero attached hydrogens (tertiary/aromatic N) is 1. The maximum absolute atomic E-state index is 2.44. The highest BCUT2D eigenvalue weighted by molar-refractivity contribution is 6.14. The van der Waals surface area contributed by atoms with Crippen LogP contribution in [0.2, 0.25) is 0 Å². The number of para-hydroxylation sites is 2. The minimum atomic E-state index is 1.20. The number of aromatic nitrogens is 1. The lowest BCUT2D eigenvalue weighted by Gasteiger charge is -2.13. The molecular weight excluding hydrogens is 326 g/mol. The topological polar surface area (TPSA) is 4.93 Å². The molecule has 0 aliphatic heterocycles. The van der Waals surface area contributed by atoms with Gasteiger partial charge in [-0.1, -0.05) is 78.9 Å². The van der Waals surface area contributed by atoms with Crippen LogP contribution >= 0.6 is 0 Å². The van der Waals surface area contributed by atoms with E-state index in [4.69, 9.17) is 0 Å². The van der Waals surface area contributed by atoms with E-state index in [1.54, 1.807) is 0 Å². The fraction of sp³-hybridized carbons (Fsp3) is 0.0769. The fourth-order valence-corrected chi connectivity index (χ4v) is 4.11. The van der Waals surface area contributed by atoms with Crippen molar-refractivity contribution in [2.75, 3.05) is 0 Å². The van der Waals surface area contributed by atoms with Gasteiger partial charge in [0.25, 0.3) is 0 Å². The zero-order valence-corrected chi connectivity index (χ0v) is 15.6. The van der Waals surface area contributed by atoms with E-state index in [0.29, 0.717) is 0 Å². The summed E-state index contributed by atoms with van der Waals surface area (Å²) in [4.78, 5) is 0. The molecule has 0 saturated carbocycles. The molecule has 0 atom stereocenters. The predicted octanol–water partition coefficient (Wildman–Crippen LogP) is 7.07. The summed E-state index contributed by atoms with van der Waals surface area (Å²) in [7, 11) is 0. The summed E-state index contributed by atoms with van der Waals surface area (Å²) in [6, 6.07) is 32.5. The van der Waals surface area contributed by atoms with Gasteiger partial charge in [0.05, 0.1) is 11.0 Å². The van der Waals surface area contributed by atoms with E-state index in [1.165, 1.54) is 49.7 Å². The van der Waals surface area contributed by atoms with Crippen molar-refractivity contribution in [3.05, 3.63) is 102 Å². The highest BCUT2D eigenvalue weighted by Gasteiger charge is 2.18. The van der Waals surface area contributed by atoms with Gasteiger partial charge in [-0.15, -0.1) is 0 Å². The summed E-state index contributed by atoms with van der Waals surface area (Å²) < 4.78 is 2.44. The molecular formula is C26H21N. The van der Waals surface area contributed by atoms with Gasteiger partial charge >= 0.3 is 0 Å². The molecule has 0 N–H and O–H groups in total. The lowest BCUT2D eigenvalue weighted by molar-refractivity contribution is 1.16. The van der Waals surface area contributed by atoms with Crippen LogP contribution in [0.4, 0.5) is 0 Å². The Labute approximate surface area is 159 Å². The Morgan fingerprint density at radius 3 is 1.96 bits per heavy atom. The first-order valence-corrected chi connectivity index (χ1v) is 9.40. The van der Waals surface area contributed by atoms with Gasteiger partial charge in [0.15, 0.2) is 0 Å². The van der Waals surface area contributed by atoms with Gasteiger partial charge in [0.2, 0.25) is 0 Å². The van der Waals surface area contributed by atoms with Crippen LogP contribution in [0.1, 0.15) is 11.1 Å². The van der Waals surface area contributed by atoms with Gasteiger partial charge in [-0.05, 0) is 42.7 Å². The molecule has 5 aromatic rings. The zero-order chi connectivity index (χ0) is 18.4. The van der Waals surface area contributed by atoms with E-state index < -0.39 is 0 Å². The molecule has 4 aromatic carbocycles. The van der Waals surface area contributed by atoms with Crippen LogP contribution < -0.4 is 0 Å². The third-order valence-electron chi connectivity index (χ3n) is 5.57. The van der Waals surface area contributed by atoms with Crippen molar-refractivity contribution in [3.63, 3.8) is 0 Å². The second kappa shape index (κ2) is 6.14. The summed E-state index contributed by atoms with van der Waals surface area (Å²) >= 11 is 0. The maximum atomic E-state index is 2.44. The summed E-state index contributed by atoms with van der Waals surface area (Å²) in [6.45, 7) is 4.43. The van der Waals surface area contributed by atoms with Crippen LogP contribution in [0.15, 0.2) is 91.0 Å². The number of fused-ring (bicyclic) bond motifs is 3. The number of rotatable bonds is 2. The summed E-state index contributed by atoms with van der Waals surface area (Å²) in [6.07, 6.45) is 0. The van der Waals surface area contributed by atoms with Crippen LogP contribution in [-0.4, -0.2) is 4.57 Å². The Bertz CT molecular complexity index is 1260. The third kappa shape index (κ3) is 2.39. The van der Waals surface area contributed by atoms with Crippen molar-refractivity contribution in [3.8, 4) is 16.8 Å². The van der Waals surface area contributed by atoms with Crippen molar-refractivity contribution < 1.29 is 0 Å². The smallest absolute Gasteiger partial charge is 0.0619 e. The molecule has 0 unspecified atom stereocenters. The van der Waals surface area contributed by atoms with E-state index in [1.807, 2.05) is 0 Å². The van der Waals surface area contributed by atoms with Crippen LogP contribution in [0, 0.1) is 13.8 Å². The van der Waals surface area contributed by atoms with E-state index >= 15 is 0 Å². The number of aryl methyl sites for hydroxylation is 2. The molecule has 0 amide bonds. The molecule has 0 bridgehead atoms. The van der Waals surface area contributed by atoms with E-state index in [0.717, 1.165) is 0 Å². The first-order chi connectivity index (χ1) is 13.3. The van der Waals surface area contributed by atoms with Crippen LogP contribution in [0.25, 0.3) is 38.6 Å². The number of benzene rings is 4. The average Bonchev–Trinajstić information content (AvgIpc) is 3.07. The molecule has 0 spiro atoms. The van der Waals surface area contributed by atoms with Gasteiger partial charge in [-0.2, -0.15) is 0 Å². The molecule has 0 fully saturated rings. The quantitative estimate of drug-likeness (QED) is 0.322. The maximum Gasteiger partial charge on any atom is 0.0619 e. The summed E-state index contributed by atoms with van der Waals surface area (Å²) in [5.41, 5.74) is 8.96. The zero-order valence-electron chi connectivity index (χ0n) is 15.6. The van der Waals surface area contributed by atoms with Crippen LogP contribution in [0.3, 0.4) is 0 Å². The molecule has 0 aliphatic rings. The molecule has 0 radical (unpaired) electrons. The largest absolute Gasteiger partial charge is 0.308 e. The Kier molecular flexibility index (Phi) is 3.61. The van der Waals surface area contributed by atoms with Crippen molar-refractivity contribution in [2.24, 2.45) is 0 Å². The monoisotopic (exact) mass is 347 g/mol. The van der Waals surface area contributed by atoms with Gasteiger partial charge < -0.3 is 4.57 Å². The molecule has 130 valence electrons. The standard InChI is InChI=1S/C26H21N/c1-18-16-17-24-23-15-9-14-22(20-10-5-3-6-11-20)26(23)27(25(24)19(18)2)21-12-7-4-8-13-21/h3-17H,1-2H3. The number of hydrogen-bond donors (Lipinski definition) is 0. The first-order valence-electron chi connectivity index (χ1n) is 9.40. The van der Waals surface area contributed by atoms with Gasteiger partial charge in [0.1, 0.15) is 0 Å². The summed E-state index contributed by atoms with van der Waals surface area (Å²) in [5, 5.41) is 2.62. The molecule has 1 aromatic heterocycles. The molecule has 1 heterocycles. The molecule has 27 heavy (non-hydrogen) atoms. The van der Waals surface area contributed by atoms with Gasteiger partial charge in [0, 0.05) is 22.0 Å². The van der Waals surface area contributed by atoms with Gasteiger partial charge in [-0.25, -0.2) is 0 Å². The molecule has 1 nitrogen and oxygen atoms in total. The Morgan fingerprint density at radius 1 is 0.556 bits per heavy atom. The van der Waals surface area contributed by atoms with Crippen molar-refractivity contribution in [1.82, 2.24) is 4.57 Å². The average molecular weight is 347 g/mol. The minimum absolute atomic E-state index is 1.20. The Hall–Kier alpha value is -3.32. The van der Waals surface area contributed by atoms with Crippen LogP contribution in [0.5, 0.6) is 0 Å². The second-order valence-corrected chi connectivity index (χ2v) is 7.14. The predicted molar refractivity (Wildman–Crippen MR) is 116 cm³/mol. The van der Waals surface area contributed by atoms with Crippen molar-refractivity contribution in [2.45, 2.75) is 13.8 Å². The Balaban J connectivity index is 2.03. The normalized spacial score (nSPS) is 11.3.